The largest absolute Gasteiger partial charge is 0.388 e. The maximum Gasteiger partial charge on any atom is 0.224 e. The first kappa shape index (κ1) is 17.1. The molecule has 118 valence electrons. The predicted molar refractivity (Wildman–Crippen MR) is 98.7 cm³/mol. The van der Waals surface area contributed by atoms with Gasteiger partial charge in [-0.05, 0) is 13.1 Å². The number of nitrogens with zero attached hydrogens (tertiary/aromatic N) is 2. The van der Waals surface area contributed by atoms with E-state index in [0.29, 0.717) is 11.1 Å². The molecule has 0 bridgehead atoms. The Labute approximate surface area is 141 Å². The Morgan fingerprint density at radius 3 is 1.87 bits per heavy atom. The highest BCUT2D eigenvalue weighted by molar-refractivity contribution is 7.35. The van der Waals surface area contributed by atoms with Crippen LogP contribution in [0, 0.1) is 0 Å². The molecule has 0 fully saturated rings. The van der Waals surface area contributed by atoms with Crippen molar-refractivity contribution < 1.29 is 4.79 Å². The highest BCUT2D eigenvalue weighted by Crippen LogP contribution is 2.11. The average Bonchev–Trinajstić information content (AvgIpc) is 2.55. The van der Waals surface area contributed by atoms with Gasteiger partial charge < -0.3 is 5.73 Å². The van der Waals surface area contributed by atoms with Gasteiger partial charge in [0.05, 0.1) is 0 Å². The summed E-state index contributed by atoms with van der Waals surface area (Å²) in [6.07, 6.45) is 0. The standard InChI is InChI=1S/C17H18ClN3OSi/c1-23(2,18)17(19)21-20-15(13-9-5-3-6-10-13)16(22)14-11-7-4-8-12-14/h3-12H,1-2H3,(H2,19,21)/b20-15+. The van der Waals surface area contributed by atoms with Gasteiger partial charge in [-0.3, -0.25) is 4.79 Å². The predicted octanol–water partition coefficient (Wildman–Crippen LogP) is 3.61. The highest BCUT2D eigenvalue weighted by atomic mass is 35.6. The number of ketones is 1. The first-order chi connectivity index (χ1) is 10.9. The summed E-state index contributed by atoms with van der Waals surface area (Å²) in [6, 6.07) is 18.2. The van der Waals surface area contributed by atoms with Crippen LogP contribution in [0.25, 0.3) is 0 Å². The average molecular weight is 344 g/mol. The van der Waals surface area contributed by atoms with Crippen molar-refractivity contribution in [2.75, 3.05) is 0 Å². The molecule has 0 aliphatic rings. The molecule has 0 saturated heterocycles. The van der Waals surface area contributed by atoms with Gasteiger partial charge in [0.15, 0.2) is 0 Å². The maximum absolute atomic E-state index is 12.7. The Bertz CT molecular complexity index is 737. The van der Waals surface area contributed by atoms with Gasteiger partial charge in [-0.2, -0.15) is 11.1 Å². The lowest BCUT2D eigenvalue weighted by atomic mass is 10.0. The van der Waals surface area contributed by atoms with Crippen LogP contribution in [0.5, 0.6) is 0 Å². The lowest BCUT2D eigenvalue weighted by molar-refractivity contribution is 0.106. The molecule has 6 heteroatoms. The van der Waals surface area contributed by atoms with E-state index in [-0.39, 0.29) is 17.0 Å². The van der Waals surface area contributed by atoms with E-state index in [0.717, 1.165) is 0 Å². The molecule has 0 atom stereocenters. The Kier molecular flexibility index (Phi) is 5.47. The van der Waals surface area contributed by atoms with Crippen LogP contribution in [-0.4, -0.2) is 24.3 Å². The molecule has 0 aliphatic heterocycles. The van der Waals surface area contributed by atoms with Gasteiger partial charge in [0, 0.05) is 11.1 Å². The van der Waals surface area contributed by atoms with E-state index in [1.54, 1.807) is 12.1 Å². The zero-order chi connectivity index (χ0) is 16.9. The molecule has 2 N–H and O–H groups in total. The number of carbonyl (C=O) groups excluding carboxylic acids is 1. The minimum atomic E-state index is -2.26. The number of hydrogen-bond acceptors (Lipinski definition) is 3. The van der Waals surface area contributed by atoms with Crippen LogP contribution in [0.1, 0.15) is 15.9 Å². The van der Waals surface area contributed by atoms with Crippen LogP contribution in [0.15, 0.2) is 70.9 Å². The van der Waals surface area contributed by atoms with E-state index < -0.39 is 7.38 Å². The minimum Gasteiger partial charge on any atom is -0.388 e. The summed E-state index contributed by atoms with van der Waals surface area (Å²) in [5.74, 6) is -0.206. The number of amidine groups is 1. The Balaban J connectivity index is 2.48. The van der Waals surface area contributed by atoms with E-state index in [9.17, 15) is 4.79 Å². The number of halogens is 1. The van der Waals surface area contributed by atoms with Crippen molar-refractivity contribution >= 4 is 35.4 Å². The van der Waals surface area contributed by atoms with E-state index in [1.165, 1.54) is 0 Å². The van der Waals surface area contributed by atoms with Crippen molar-refractivity contribution in [2.24, 2.45) is 15.9 Å². The number of benzene rings is 2. The molecule has 2 rings (SSSR count). The number of nitrogens with two attached hydrogens (primary N) is 1. The van der Waals surface area contributed by atoms with Crippen molar-refractivity contribution in [1.82, 2.24) is 0 Å². The molecule has 0 amide bonds. The molecule has 0 unspecified atom stereocenters. The second kappa shape index (κ2) is 7.35. The van der Waals surface area contributed by atoms with E-state index in [1.807, 2.05) is 61.6 Å². The van der Waals surface area contributed by atoms with Crippen molar-refractivity contribution in [3.05, 3.63) is 71.8 Å². The number of hydrogen-bond donors (Lipinski definition) is 1. The molecule has 0 saturated carbocycles. The normalized spacial score (nSPS) is 13.0. The van der Waals surface area contributed by atoms with Crippen molar-refractivity contribution in [1.29, 1.82) is 0 Å². The maximum atomic E-state index is 12.7. The summed E-state index contributed by atoms with van der Waals surface area (Å²) in [5, 5.41) is 8.13. The van der Waals surface area contributed by atoms with Crippen LogP contribution in [0.3, 0.4) is 0 Å². The van der Waals surface area contributed by atoms with Gasteiger partial charge in [0.2, 0.25) is 13.2 Å². The molecule has 4 nitrogen and oxygen atoms in total. The van der Waals surface area contributed by atoms with Crippen molar-refractivity contribution in [2.45, 2.75) is 13.1 Å². The third-order valence-corrected chi connectivity index (χ3v) is 5.06. The molecule has 23 heavy (non-hydrogen) atoms. The molecular weight excluding hydrogens is 326 g/mol. The van der Waals surface area contributed by atoms with Crippen LogP contribution in [0.4, 0.5) is 0 Å². The molecule has 0 aliphatic carbocycles. The fourth-order valence-electron chi connectivity index (χ4n) is 1.78. The van der Waals surface area contributed by atoms with Crippen LogP contribution in [-0.2, 0) is 0 Å². The Morgan fingerprint density at radius 2 is 1.39 bits per heavy atom. The molecule has 2 aromatic rings. The Hall–Kier alpha value is -2.24. The SMILES string of the molecule is C[Si](C)(Cl)/C(N)=N/N=C(/C(=O)c1ccccc1)c1ccccc1. The number of rotatable bonds is 5. The van der Waals surface area contributed by atoms with E-state index in [4.69, 9.17) is 16.8 Å². The summed E-state index contributed by atoms with van der Waals surface area (Å²) in [7, 11) is -2.26. The van der Waals surface area contributed by atoms with Gasteiger partial charge in [0.1, 0.15) is 11.2 Å². The lowest BCUT2D eigenvalue weighted by Crippen LogP contribution is -2.37. The summed E-state index contributed by atoms with van der Waals surface area (Å²) in [5.41, 5.74) is 7.64. The van der Waals surface area contributed by atoms with E-state index >= 15 is 0 Å². The summed E-state index contributed by atoms with van der Waals surface area (Å²) >= 11 is 6.24. The first-order valence-corrected chi connectivity index (χ1v) is 11.2. The van der Waals surface area contributed by atoms with Crippen LogP contribution >= 0.6 is 11.1 Å². The minimum absolute atomic E-state index is 0.206. The van der Waals surface area contributed by atoms with Crippen LogP contribution < -0.4 is 5.73 Å². The van der Waals surface area contributed by atoms with Gasteiger partial charge in [-0.25, -0.2) is 0 Å². The smallest absolute Gasteiger partial charge is 0.224 e. The van der Waals surface area contributed by atoms with Crippen molar-refractivity contribution in [3.8, 4) is 0 Å². The highest BCUT2D eigenvalue weighted by Gasteiger charge is 2.23. The zero-order valence-electron chi connectivity index (χ0n) is 13.0. The molecule has 0 aromatic heterocycles. The molecular formula is C17H18ClN3OSi. The quantitative estimate of drug-likeness (QED) is 0.225. The van der Waals surface area contributed by atoms with Gasteiger partial charge in [-0.15, -0.1) is 10.2 Å². The molecule has 0 heterocycles. The van der Waals surface area contributed by atoms with E-state index in [2.05, 4.69) is 10.2 Å². The second-order valence-corrected chi connectivity index (χ2v) is 11.8. The monoisotopic (exact) mass is 343 g/mol. The zero-order valence-corrected chi connectivity index (χ0v) is 14.8. The van der Waals surface area contributed by atoms with Crippen molar-refractivity contribution in [3.63, 3.8) is 0 Å². The van der Waals surface area contributed by atoms with Crippen LogP contribution in [0.2, 0.25) is 13.1 Å². The summed E-state index contributed by atoms with van der Waals surface area (Å²) in [4.78, 5) is 12.7. The topological polar surface area (TPSA) is 67.8 Å². The summed E-state index contributed by atoms with van der Waals surface area (Å²) < 4.78 is 0. The van der Waals surface area contributed by atoms with Gasteiger partial charge >= 0.3 is 0 Å². The molecule has 2 aromatic carbocycles. The third kappa shape index (κ3) is 4.61. The number of Topliss-reactive ketones (excluding diaryl/α,β-unsaturated/α-hetero) is 1. The fourth-order valence-corrected chi connectivity index (χ4v) is 2.18. The number of carbonyl (C=O) groups is 1. The lowest BCUT2D eigenvalue weighted by Gasteiger charge is -2.10. The first-order valence-electron chi connectivity index (χ1n) is 7.15. The third-order valence-electron chi connectivity index (χ3n) is 3.17. The molecule has 0 spiro atoms. The Morgan fingerprint density at radius 1 is 0.913 bits per heavy atom. The van der Waals surface area contributed by atoms with Gasteiger partial charge in [0.25, 0.3) is 0 Å². The molecule has 0 radical (unpaired) electrons. The summed E-state index contributed by atoms with van der Waals surface area (Å²) in [6.45, 7) is 3.70. The fraction of sp³-hybridized carbons (Fsp3) is 0.118. The van der Waals surface area contributed by atoms with Gasteiger partial charge in [-0.1, -0.05) is 60.7 Å². The second-order valence-electron chi connectivity index (χ2n) is 5.47.